The monoisotopic (exact) mass is 259 g/mol. The van der Waals surface area contributed by atoms with Gasteiger partial charge in [0.1, 0.15) is 6.54 Å². The molecule has 3 amide bonds. The summed E-state index contributed by atoms with van der Waals surface area (Å²) in [6.45, 7) is 5.26. The number of carboxylic acid groups (broad SMARTS) is 1. The van der Waals surface area contributed by atoms with Gasteiger partial charge in [-0.2, -0.15) is 0 Å². The zero-order valence-electron chi connectivity index (χ0n) is 10.9. The lowest BCUT2D eigenvalue weighted by Crippen LogP contribution is -2.47. The zero-order valence-corrected chi connectivity index (χ0v) is 10.9. The molecule has 0 aliphatic heterocycles. The van der Waals surface area contributed by atoms with E-state index >= 15 is 0 Å². The van der Waals surface area contributed by atoms with Crippen LogP contribution in [0.2, 0.25) is 0 Å². The van der Waals surface area contributed by atoms with Gasteiger partial charge in [0.05, 0.1) is 6.54 Å². The van der Waals surface area contributed by atoms with Crippen LogP contribution in [0.4, 0.5) is 4.79 Å². The fourth-order valence-corrected chi connectivity index (χ4v) is 1.36. The first-order valence-electron chi connectivity index (χ1n) is 5.89. The lowest BCUT2D eigenvalue weighted by Gasteiger charge is -2.20. The third-order valence-electron chi connectivity index (χ3n) is 2.41. The molecule has 0 radical (unpaired) electrons. The first-order valence-corrected chi connectivity index (χ1v) is 5.89. The van der Waals surface area contributed by atoms with E-state index in [1.54, 1.807) is 0 Å². The first-order chi connectivity index (χ1) is 8.36. The van der Waals surface area contributed by atoms with Crippen molar-refractivity contribution >= 4 is 17.9 Å². The molecule has 4 N–H and O–H groups in total. The molecule has 0 aromatic rings. The number of carboxylic acids is 1. The Balaban J connectivity index is 3.89. The predicted octanol–water partition coefficient (Wildman–Crippen LogP) is -0.0790. The summed E-state index contributed by atoms with van der Waals surface area (Å²) in [5, 5.41) is 15.6. The maximum absolute atomic E-state index is 11.4. The molecular weight excluding hydrogens is 238 g/mol. The molecular formula is C11H21N3O4. The Labute approximate surface area is 106 Å². The van der Waals surface area contributed by atoms with Gasteiger partial charge in [0.2, 0.25) is 5.91 Å². The molecule has 0 fully saturated rings. The van der Waals surface area contributed by atoms with Crippen LogP contribution in [0.15, 0.2) is 0 Å². The molecule has 104 valence electrons. The van der Waals surface area contributed by atoms with Crippen molar-refractivity contribution < 1.29 is 19.5 Å². The Hall–Kier alpha value is -1.79. The van der Waals surface area contributed by atoms with E-state index in [1.165, 1.54) is 0 Å². The van der Waals surface area contributed by atoms with Crippen LogP contribution in [-0.2, 0) is 9.59 Å². The van der Waals surface area contributed by atoms with Crippen molar-refractivity contribution in [3.8, 4) is 0 Å². The summed E-state index contributed by atoms with van der Waals surface area (Å²) >= 11 is 0. The quantitative estimate of drug-likeness (QED) is 0.513. The molecule has 18 heavy (non-hydrogen) atoms. The van der Waals surface area contributed by atoms with Crippen molar-refractivity contribution in [2.45, 2.75) is 33.2 Å². The molecule has 0 saturated carbocycles. The Bertz CT molecular complexity index is 305. The summed E-state index contributed by atoms with van der Waals surface area (Å²) in [4.78, 5) is 32.8. The molecule has 0 bridgehead atoms. The van der Waals surface area contributed by atoms with E-state index < -0.39 is 24.5 Å². The van der Waals surface area contributed by atoms with Gasteiger partial charge < -0.3 is 21.1 Å². The molecule has 1 atom stereocenters. The summed E-state index contributed by atoms with van der Waals surface area (Å²) < 4.78 is 0. The molecule has 0 saturated heterocycles. The average molecular weight is 259 g/mol. The van der Waals surface area contributed by atoms with E-state index in [-0.39, 0.29) is 12.6 Å². The Morgan fingerprint density at radius 3 is 2.17 bits per heavy atom. The highest BCUT2D eigenvalue weighted by Crippen LogP contribution is 2.04. The second-order valence-electron chi connectivity index (χ2n) is 4.26. The molecule has 0 aromatic heterocycles. The summed E-state index contributed by atoms with van der Waals surface area (Å²) in [6, 6.07) is -0.381. The number of hydrogen-bond donors (Lipinski definition) is 4. The maximum Gasteiger partial charge on any atom is 0.322 e. The van der Waals surface area contributed by atoms with Gasteiger partial charge in [0, 0.05) is 6.04 Å². The number of carbonyl (C=O) groups is 3. The normalized spacial score (nSPS) is 11.8. The van der Waals surface area contributed by atoms with Gasteiger partial charge in [0.25, 0.3) is 0 Å². The Morgan fingerprint density at radius 2 is 1.72 bits per heavy atom. The number of hydrogen-bond acceptors (Lipinski definition) is 3. The Morgan fingerprint density at radius 1 is 1.11 bits per heavy atom. The van der Waals surface area contributed by atoms with Crippen LogP contribution in [0, 0.1) is 5.92 Å². The fourth-order valence-electron chi connectivity index (χ4n) is 1.36. The summed E-state index contributed by atoms with van der Waals surface area (Å²) in [6.07, 6.45) is 0.802. The Kier molecular flexibility index (Phi) is 7.50. The summed E-state index contributed by atoms with van der Waals surface area (Å²) in [7, 11) is 0. The first kappa shape index (κ1) is 16.2. The van der Waals surface area contributed by atoms with Crippen molar-refractivity contribution in [1.29, 1.82) is 0 Å². The maximum atomic E-state index is 11.4. The van der Waals surface area contributed by atoms with E-state index in [2.05, 4.69) is 16.0 Å². The lowest BCUT2D eigenvalue weighted by atomic mass is 10.0. The van der Waals surface area contributed by atoms with Crippen LogP contribution in [0.1, 0.15) is 27.2 Å². The number of aliphatic carboxylic acids is 1. The molecule has 7 nitrogen and oxygen atoms in total. The topological polar surface area (TPSA) is 108 Å². The van der Waals surface area contributed by atoms with E-state index in [9.17, 15) is 14.4 Å². The molecule has 0 aliphatic rings. The third kappa shape index (κ3) is 7.48. The van der Waals surface area contributed by atoms with Crippen LogP contribution in [-0.4, -0.2) is 42.1 Å². The van der Waals surface area contributed by atoms with E-state index in [0.717, 1.165) is 6.42 Å². The summed E-state index contributed by atoms with van der Waals surface area (Å²) in [5.41, 5.74) is 0. The molecule has 0 aliphatic carbocycles. The fraction of sp³-hybridized carbons (Fsp3) is 0.727. The highest BCUT2D eigenvalue weighted by molar-refractivity contribution is 5.86. The van der Waals surface area contributed by atoms with Crippen LogP contribution in [0.3, 0.4) is 0 Å². The minimum Gasteiger partial charge on any atom is -0.480 e. The van der Waals surface area contributed by atoms with Crippen LogP contribution < -0.4 is 16.0 Å². The minimum atomic E-state index is -1.13. The molecule has 0 spiro atoms. The average Bonchev–Trinajstić information content (AvgIpc) is 2.30. The number of carbonyl (C=O) groups excluding carboxylic acids is 2. The highest BCUT2D eigenvalue weighted by atomic mass is 16.4. The number of rotatable bonds is 7. The minimum absolute atomic E-state index is 0.0482. The van der Waals surface area contributed by atoms with Crippen LogP contribution in [0.25, 0.3) is 0 Å². The van der Waals surface area contributed by atoms with Gasteiger partial charge in [-0.1, -0.05) is 20.8 Å². The number of nitrogens with one attached hydrogen (secondary N) is 3. The van der Waals surface area contributed by atoms with Crippen molar-refractivity contribution in [3.05, 3.63) is 0 Å². The molecule has 0 aromatic carbocycles. The predicted molar refractivity (Wildman–Crippen MR) is 66.1 cm³/mol. The zero-order chi connectivity index (χ0) is 14.1. The molecule has 0 rings (SSSR count). The third-order valence-corrected chi connectivity index (χ3v) is 2.41. The van der Waals surface area contributed by atoms with Gasteiger partial charge in [-0.05, 0) is 12.3 Å². The SMILES string of the molecule is CCC(NC(=O)NCC(=O)NCC(=O)O)C(C)C. The smallest absolute Gasteiger partial charge is 0.322 e. The van der Waals surface area contributed by atoms with E-state index in [0.29, 0.717) is 5.92 Å². The van der Waals surface area contributed by atoms with Gasteiger partial charge in [-0.15, -0.1) is 0 Å². The number of amides is 3. The van der Waals surface area contributed by atoms with Crippen molar-refractivity contribution in [3.63, 3.8) is 0 Å². The van der Waals surface area contributed by atoms with Crippen molar-refractivity contribution in [2.75, 3.05) is 13.1 Å². The van der Waals surface area contributed by atoms with Crippen molar-refractivity contribution in [2.24, 2.45) is 5.92 Å². The van der Waals surface area contributed by atoms with Crippen LogP contribution >= 0.6 is 0 Å². The van der Waals surface area contributed by atoms with Gasteiger partial charge >= 0.3 is 12.0 Å². The standard InChI is InChI=1S/C11H21N3O4/c1-4-8(7(2)3)14-11(18)13-5-9(15)12-6-10(16)17/h7-8H,4-6H2,1-3H3,(H,12,15)(H,16,17)(H2,13,14,18). The van der Waals surface area contributed by atoms with Gasteiger partial charge in [-0.25, -0.2) is 4.79 Å². The lowest BCUT2D eigenvalue weighted by molar-refractivity contribution is -0.137. The highest BCUT2D eigenvalue weighted by Gasteiger charge is 2.14. The van der Waals surface area contributed by atoms with Gasteiger partial charge in [-0.3, -0.25) is 9.59 Å². The second kappa shape index (κ2) is 8.32. The van der Waals surface area contributed by atoms with E-state index in [4.69, 9.17) is 5.11 Å². The molecule has 7 heteroatoms. The number of urea groups is 1. The second-order valence-corrected chi connectivity index (χ2v) is 4.26. The van der Waals surface area contributed by atoms with Crippen LogP contribution in [0.5, 0.6) is 0 Å². The summed E-state index contributed by atoms with van der Waals surface area (Å²) in [5.74, 6) is -1.36. The molecule has 0 heterocycles. The van der Waals surface area contributed by atoms with Crippen molar-refractivity contribution in [1.82, 2.24) is 16.0 Å². The molecule has 1 unspecified atom stereocenters. The van der Waals surface area contributed by atoms with E-state index in [1.807, 2.05) is 20.8 Å². The van der Waals surface area contributed by atoms with Gasteiger partial charge in [0.15, 0.2) is 0 Å². The largest absolute Gasteiger partial charge is 0.480 e.